The molecule has 0 aliphatic carbocycles. The lowest BCUT2D eigenvalue weighted by Gasteiger charge is -2.36. The quantitative estimate of drug-likeness (QED) is 0.288. The monoisotopic (exact) mass is 586 g/mol. The Balaban J connectivity index is 1.42. The van der Waals surface area contributed by atoms with Crippen LogP contribution in [-0.4, -0.2) is 80.0 Å². The maximum Gasteiger partial charge on any atom is 0.401 e. The van der Waals surface area contributed by atoms with E-state index in [2.05, 4.69) is 27.4 Å². The molecular weight excluding hydrogens is 553 g/mol. The highest BCUT2D eigenvalue weighted by Gasteiger charge is 2.32. The number of aromatic nitrogens is 2. The number of ether oxygens (including phenoxy) is 2. The molecule has 2 heterocycles. The number of aromatic amines is 1. The molecule has 4 rings (SSSR count). The second-order valence-corrected chi connectivity index (χ2v) is 9.76. The highest BCUT2D eigenvalue weighted by atomic mass is 19.4. The predicted octanol–water partition coefficient (Wildman–Crippen LogP) is 4.27. The number of hydrogen-bond donors (Lipinski definition) is 3. The summed E-state index contributed by atoms with van der Waals surface area (Å²) in [6.45, 7) is 3.73. The topological polar surface area (TPSA) is 112 Å². The number of nitrogens with zero attached hydrogens (tertiary/aromatic N) is 3. The Bertz CT molecular complexity index is 1390. The van der Waals surface area contributed by atoms with Crippen LogP contribution < -0.4 is 25.0 Å². The Hall–Kier alpha value is -4.52. The number of carbonyl (C=O) groups is 2. The van der Waals surface area contributed by atoms with Crippen LogP contribution in [0.15, 0.2) is 55.1 Å². The Morgan fingerprint density at radius 1 is 1.00 bits per heavy atom. The van der Waals surface area contributed by atoms with Crippen molar-refractivity contribution in [2.75, 3.05) is 62.5 Å². The Morgan fingerprint density at radius 2 is 1.69 bits per heavy atom. The van der Waals surface area contributed by atoms with Gasteiger partial charge in [-0.3, -0.25) is 19.6 Å². The highest BCUT2D eigenvalue weighted by Crippen LogP contribution is 2.27. The van der Waals surface area contributed by atoms with Crippen molar-refractivity contribution in [2.45, 2.75) is 19.0 Å². The summed E-state index contributed by atoms with van der Waals surface area (Å²) in [6, 6.07) is 12.3. The number of rotatable bonds is 11. The third-order valence-electron chi connectivity index (χ3n) is 6.80. The molecule has 0 spiro atoms. The van der Waals surface area contributed by atoms with E-state index in [1.807, 2.05) is 17.0 Å². The molecule has 1 saturated heterocycles. The fourth-order valence-electron chi connectivity index (χ4n) is 4.66. The lowest BCUT2D eigenvalue weighted by molar-refractivity contribution is -0.146. The smallest absolute Gasteiger partial charge is 0.401 e. The molecule has 0 unspecified atom stereocenters. The van der Waals surface area contributed by atoms with E-state index in [4.69, 9.17) is 9.47 Å². The zero-order valence-corrected chi connectivity index (χ0v) is 23.4. The third-order valence-corrected chi connectivity index (χ3v) is 6.80. The molecule has 10 nitrogen and oxygen atoms in total. The summed E-state index contributed by atoms with van der Waals surface area (Å²) in [6.07, 6.45) is -1.88. The van der Waals surface area contributed by atoms with Crippen LogP contribution >= 0.6 is 0 Å². The number of hydrogen-bond acceptors (Lipinski definition) is 7. The number of halogens is 3. The number of H-pyrrole nitrogens is 1. The summed E-state index contributed by atoms with van der Waals surface area (Å²) < 4.78 is 48.9. The van der Waals surface area contributed by atoms with Gasteiger partial charge in [0.25, 0.3) is 5.91 Å². The van der Waals surface area contributed by atoms with E-state index in [0.717, 1.165) is 17.3 Å². The first-order chi connectivity index (χ1) is 20.1. The molecule has 42 heavy (non-hydrogen) atoms. The Kier molecular flexibility index (Phi) is 9.73. The number of benzene rings is 2. The van der Waals surface area contributed by atoms with Gasteiger partial charge in [0, 0.05) is 49.7 Å². The van der Waals surface area contributed by atoms with Crippen LogP contribution in [0.25, 0.3) is 0 Å². The molecule has 13 heteroatoms. The van der Waals surface area contributed by atoms with E-state index in [1.54, 1.807) is 44.6 Å². The lowest BCUT2D eigenvalue weighted by atomic mass is 10.1. The van der Waals surface area contributed by atoms with Gasteiger partial charge in [0.2, 0.25) is 5.91 Å². The first-order valence-corrected chi connectivity index (χ1v) is 13.3. The van der Waals surface area contributed by atoms with Crippen molar-refractivity contribution < 1.29 is 32.2 Å². The molecule has 1 fully saturated rings. The number of nitrogens with one attached hydrogen (secondary N) is 3. The number of amides is 2. The van der Waals surface area contributed by atoms with Gasteiger partial charge in [-0.2, -0.15) is 18.3 Å². The Labute approximate surface area is 241 Å². The van der Waals surface area contributed by atoms with Gasteiger partial charge in [0.05, 0.1) is 32.0 Å². The summed E-state index contributed by atoms with van der Waals surface area (Å²) in [4.78, 5) is 28.6. The van der Waals surface area contributed by atoms with Gasteiger partial charge in [0.15, 0.2) is 5.82 Å². The molecule has 3 aromatic rings. The van der Waals surface area contributed by atoms with E-state index >= 15 is 0 Å². The SMILES string of the molecule is C=CC(=O)Nc1cc(N2CCN(CC(F)(F)F)CC2)ccc1C(=O)Nc1cc(CCc2cc(OC)cc(OC)c2)[nH]n1. The molecular formula is C29H33F3N6O4. The van der Waals surface area contributed by atoms with Gasteiger partial charge >= 0.3 is 6.18 Å². The van der Waals surface area contributed by atoms with Crippen LogP contribution in [0, 0.1) is 0 Å². The minimum Gasteiger partial charge on any atom is -0.497 e. The number of methoxy groups -OCH3 is 2. The summed E-state index contributed by atoms with van der Waals surface area (Å²) in [5.41, 5.74) is 2.92. The minimum absolute atomic E-state index is 0.192. The fraction of sp³-hybridized carbons (Fsp3) is 0.345. The van der Waals surface area contributed by atoms with Crippen molar-refractivity contribution in [1.82, 2.24) is 15.1 Å². The molecule has 0 atom stereocenters. The van der Waals surface area contributed by atoms with Gasteiger partial charge in [-0.1, -0.05) is 6.58 Å². The predicted molar refractivity (Wildman–Crippen MR) is 153 cm³/mol. The lowest BCUT2D eigenvalue weighted by Crippen LogP contribution is -2.49. The molecule has 2 aromatic carbocycles. The summed E-state index contributed by atoms with van der Waals surface area (Å²) in [5, 5.41) is 12.5. The van der Waals surface area contributed by atoms with Crippen molar-refractivity contribution >= 4 is 29.0 Å². The number of anilines is 3. The zero-order chi connectivity index (χ0) is 30.3. The second-order valence-electron chi connectivity index (χ2n) is 9.76. The maximum absolute atomic E-state index is 13.2. The molecule has 1 aromatic heterocycles. The van der Waals surface area contributed by atoms with Crippen LogP contribution in [0.3, 0.4) is 0 Å². The van der Waals surface area contributed by atoms with E-state index < -0.39 is 24.5 Å². The van der Waals surface area contributed by atoms with Gasteiger partial charge in [-0.05, 0) is 54.8 Å². The van der Waals surface area contributed by atoms with Crippen molar-refractivity contribution in [1.29, 1.82) is 0 Å². The summed E-state index contributed by atoms with van der Waals surface area (Å²) >= 11 is 0. The van der Waals surface area contributed by atoms with Crippen LogP contribution in [0.5, 0.6) is 11.5 Å². The van der Waals surface area contributed by atoms with Gasteiger partial charge in [0.1, 0.15) is 11.5 Å². The van der Waals surface area contributed by atoms with E-state index in [-0.39, 0.29) is 24.3 Å². The van der Waals surface area contributed by atoms with Gasteiger partial charge in [-0.25, -0.2) is 0 Å². The van der Waals surface area contributed by atoms with Crippen molar-refractivity contribution in [3.63, 3.8) is 0 Å². The number of aryl methyl sites for hydroxylation is 2. The van der Waals surface area contributed by atoms with E-state index in [9.17, 15) is 22.8 Å². The van der Waals surface area contributed by atoms with Crippen molar-refractivity contribution in [3.8, 4) is 11.5 Å². The number of piperazine rings is 1. The molecule has 3 N–H and O–H groups in total. The van der Waals surface area contributed by atoms with Gasteiger partial charge < -0.3 is 25.0 Å². The minimum atomic E-state index is -4.25. The first-order valence-electron chi connectivity index (χ1n) is 13.3. The molecule has 1 aliphatic heterocycles. The van der Waals surface area contributed by atoms with Crippen LogP contribution in [0.2, 0.25) is 0 Å². The molecule has 224 valence electrons. The van der Waals surface area contributed by atoms with Crippen molar-refractivity contribution in [2.24, 2.45) is 0 Å². The summed E-state index contributed by atoms with van der Waals surface area (Å²) in [5.74, 6) is 0.690. The molecule has 0 saturated carbocycles. The number of alkyl halides is 3. The largest absolute Gasteiger partial charge is 0.497 e. The summed E-state index contributed by atoms with van der Waals surface area (Å²) in [7, 11) is 3.18. The van der Waals surface area contributed by atoms with E-state index in [0.29, 0.717) is 48.9 Å². The standard InChI is InChI=1S/C29H33F3N6O4/c1-4-27(39)33-25-16-21(38-11-9-37(10-12-38)18-29(30,31)32)7-8-24(25)28(40)34-26-15-20(35-36-26)6-5-19-13-22(41-2)17-23(14-19)42-3/h4,7-8,13-17H,1,5-6,9-12,18H2,2-3H3,(H,33,39)(H2,34,35,36,40). The third kappa shape index (κ3) is 8.26. The Morgan fingerprint density at radius 3 is 2.31 bits per heavy atom. The fourth-order valence-corrected chi connectivity index (χ4v) is 4.66. The normalized spacial score (nSPS) is 13.9. The van der Waals surface area contributed by atoms with Crippen LogP contribution in [-0.2, 0) is 17.6 Å². The molecule has 1 aliphatic rings. The molecule has 0 radical (unpaired) electrons. The average Bonchev–Trinajstić information content (AvgIpc) is 3.42. The van der Waals surface area contributed by atoms with E-state index in [1.165, 1.54) is 4.90 Å². The van der Waals surface area contributed by atoms with Gasteiger partial charge in [-0.15, -0.1) is 0 Å². The number of carbonyl (C=O) groups excluding carboxylic acids is 2. The zero-order valence-electron chi connectivity index (χ0n) is 23.4. The average molecular weight is 587 g/mol. The van der Waals surface area contributed by atoms with Crippen LogP contribution in [0.4, 0.5) is 30.4 Å². The van der Waals surface area contributed by atoms with Crippen LogP contribution in [0.1, 0.15) is 21.6 Å². The highest BCUT2D eigenvalue weighted by molar-refractivity contribution is 6.11. The maximum atomic E-state index is 13.2. The first kappa shape index (κ1) is 30.4. The molecule has 2 amide bonds. The second kappa shape index (κ2) is 13.4. The molecule has 0 bridgehead atoms. The van der Waals surface area contributed by atoms with Crippen molar-refractivity contribution in [3.05, 3.63) is 71.9 Å².